The lowest BCUT2D eigenvalue weighted by molar-refractivity contribution is -0.161. The van der Waals surface area contributed by atoms with E-state index in [2.05, 4.69) is 6.92 Å². The maximum Gasteiger partial charge on any atom is 0.312 e. The number of rotatable bonds is 3. The largest absolute Gasteiger partial charge is 0.466 e. The highest BCUT2D eigenvalue weighted by molar-refractivity contribution is 5.76. The van der Waals surface area contributed by atoms with Crippen molar-refractivity contribution in [1.29, 1.82) is 0 Å². The van der Waals surface area contributed by atoms with Crippen LogP contribution >= 0.6 is 0 Å². The van der Waals surface area contributed by atoms with Crippen LogP contribution in [0.15, 0.2) is 24.3 Å². The lowest BCUT2D eigenvalue weighted by Crippen LogP contribution is -2.45. The summed E-state index contributed by atoms with van der Waals surface area (Å²) >= 11 is 0. The molecule has 0 amide bonds. The number of ether oxygens (including phenoxy) is 1. The van der Waals surface area contributed by atoms with E-state index in [1.807, 2.05) is 24.3 Å². The Morgan fingerprint density at radius 3 is 2.68 bits per heavy atom. The highest BCUT2D eigenvalue weighted by atomic mass is 16.5. The van der Waals surface area contributed by atoms with Gasteiger partial charge in [-0.3, -0.25) is 4.79 Å². The summed E-state index contributed by atoms with van der Waals surface area (Å²) in [5.41, 5.74) is 1.52. The fraction of sp³-hybridized carbons (Fsp3) is 0.611. The highest BCUT2D eigenvalue weighted by Crippen LogP contribution is 2.63. The summed E-state index contributed by atoms with van der Waals surface area (Å²) < 4.78 is 5.25. The Hall–Kier alpha value is -1.39. The Kier molecular flexibility index (Phi) is 4.00. The van der Waals surface area contributed by atoms with Crippen LogP contribution in [0.3, 0.4) is 0 Å². The molecule has 120 valence electrons. The Morgan fingerprint density at radius 2 is 2.05 bits per heavy atom. The Balaban J connectivity index is 2.13. The molecule has 0 heterocycles. The molecular formula is C18H24O4. The first-order chi connectivity index (χ1) is 10.5. The fourth-order valence-electron chi connectivity index (χ4n) is 4.75. The Bertz CT molecular complexity index is 570. The highest BCUT2D eigenvalue weighted by Gasteiger charge is 2.58. The minimum atomic E-state index is -0.839. The van der Waals surface area contributed by atoms with Gasteiger partial charge < -0.3 is 14.9 Å². The molecule has 1 aromatic rings. The first-order valence-corrected chi connectivity index (χ1v) is 8.09. The molecule has 2 aliphatic rings. The first-order valence-electron chi connectivity index (χ1n) is 8.09. The molecule has 0 spiro atoms. The number of hydrogen-bond acceptors (Lipinski definition) is 4. The second-order valence-electron chi connectivity index (χ2n) is 6.77. The van der Waals surface area contributed by atoms with Crippen LogP contribution in [-0.4, -0.2) is 29.4 Å². The molecule has 2 aliphatic carbocycles. The van der Waals surface area contributed by atoms with Crippen molar-refractivity contribution in [2.45, 2.75) is 38.7 Å². The van der Waals surface area contributed by atoms with Gasteiger partial charge >= 0.3 is 5.97 Å². The predicted octanol–water partition coefficient (Wildman–Crippen LogP) is 2.41. The SMILES string of the molecule is CCOC(=O)[C@H]1[C@@H](O)c2ccccc2[C@H]2[C@H](CO)CC[C@]12C. The van der Waals surface area contributed by atoms with E-state index in [4.69, 9.17) is 4.74 Å². The molecule has 1 saturated carbocycles. The number of carbonyl (C=O) groups excluding carboxylic acids is 1. The van der Waals surface area contributed by atoms with Crippen LogP contribution in [0.4, 0.5) is 0 Å². The average Bonchev–Trinajstić information content (AvgIpc) is 2.85. The predicted molar refractivity (Wildman–Crippen MR) is 82.2 cm³/mol. The molecule has 3 rings (SSSR count). The lowest BCUT2D eigenvalue weighted by Gasteiger charge is -2.47. The van der Waals surface area contributed by atoms with Crippen molar-refractivity contribution in [2.24, 2.45) is 17.3 Å². The third kappa shape index (κ3) is 2.09. The van der Waals surface area contributed by atoms with Crippen molar-refractivity contribution in [3.63, 3.8) is 0 Å². The van der Waals surface area contributed by atoms with E-state index in [1.165, 1.54) is 0 Å². The van der Waals surface area contributed by atoms with Crippen molar-refractivity contribution in [3.05, 3.63) is 35.4 Å². The summed E-state index contributed by atoms with van der Waals surface area (Å²) in [4.78, 5) is 12.5. The average molecular weight is 304 g/mol. The summed E-state index contributed by atoms with van der Waals surface area (Å²) in [5, 5.41) is 20.6. The summed E-state index contributed by atoms with van der Waals surface area (Å²) in [6.07, 6.45) is 0.848. The molecular weight excluding hydrogens is 280 g/mol. The van der Waals surface area contributed by atoms with Crippen LogP contribution in [0.25, 0.3) is 0 Å². The molecule has 0 radical (unpaired) electrons. The molecule has 5 atom stereocenters. The summed E-state index contributed by atoms with van der Waals surface area (Å²) in [7, 11) is 0. The third-order valence-electron chi connectivity index (χ3n) is 5.69. The molecule has 0 aromatic heterocycles. The van der Waals surface area contributed by atoms with E-state index in [9.17, 15) is 15.0 Å². The second kappa shape index (κ2) is 5.67. The van der Waals surface area contributed by atoms with Crippen molar-refractivity contribution in [3.8, 4) is 0 Å². The fourth-order valence-corrected chi connectivity index (χ4v) is 4.75. The van der Waals surface area contributed by atoms with Crippen LogP contribution in [0, 0.1) is 17.3 Å². The van der Waals surface area contributed by atoms with Gasteiger partial charge in [0.2, 0.25) is 0 Å². The summed E-state index contributed by atoms with van der Waals surface area (Å²) in [6.45, 7) is 4.27. The number of aliphatic hydroxyl groups is 2. The molecule has 0 bridgehead atoms. The van der Waals surface area contributed by atoms with Gasteiger partial charge in [-0.1, -0.05) is 31.2 Å². The number of hydrogen-bond donors (Lipinski definition) is 2. The molecule has 2 N–H and O–H groups in total. The van der Waals surface area contributed by atoms with E-state index >= 15 is 0 Å². The number of carbonyl (C=O) groups is 1. The van der Waals surface area contributed by atoms with Gasteiger partial charge in [0.25, 0.3) is 0 Å². The van der Waals surface area contributed by atoms with Crippen molar-refractivity contribution in [1.82, 2.24) is 0 Å². The standard InChI is InChI=1S/C18H24O4/c1-3-22-17(21)15-16(20)13-7-5-4-6-12(13)14-11(10-19)8-9-18(14,15)2/h4-7,11,14-16,19-20H,3,8-10H2,1-2H3/t11-,14+,15+,16-,18-/m0/s1. The van der Waals surface area contributed by atoms with Gasteiger partial charge in [0.05, 0.1) is 18.6 Å². The van der Waals surface area contributed by atoms with Gasteiger partial charge in [0, 0.05) is 6.61 Å². The van der Waals surface area contributed by atoms with E-state index in [0.29, 0.717) is 6.61 Å². The molecule has 4 nitrogen and oxygen atoms in total. The van der Waals surface area contributed by atoms with Gasteiger partial charge in [-0.2, -0.15) is 0 Å². The van der Waals surface area contributed by atoms with Crippen molar-refractivity contribution >= 4 is 5.97 Å². The zero-order valence-electron chi connectivity index (χ0n) is 13.2. The quantitative estimate of drug-likeness (QED) is 0.842. The van der Waals surface area contributed by atoms with Gasteiger partial charge in [0.15, 0.2) is 0 Å². The maximum atomic E-state index is 12.5. The third-order valence-corrected chi connectivity index (χ3v) is 5.69. The van der Waals surface area contributed by atoms with Crippen molar-refractivity contribution in [2.75, 3.05) is 13.2 Å². The minimum Gasteiger partial charge on any atom is -0.466 e. The second-order valence-corrected chi connectivity index (χ2v) is 6.77. The van der Waals surface area contributed by atoms with Gasteiger partial charge in [-0.15, -0.1) is 0 Å². The van der Waals surface area contributed by atoms with Crippen LogP contribution in [0.1, 0.15) is 49.8 Å². The topological polar surface area (TPSA) is 66.8 Å². The molecule has 22 heavy (non-hydrogen) atoms. The molecule has 1 fully saturated rings. The lowest BCUT2D eigenvalue weighted by atomic mass is 9.58. The summed E-state index contributed by atoms with van der Waals surface area (Å²) in [5.74, 6) is -0.665. The molecule has 0 saturated heterocycles. The van der Waals surface area contributed by atoms with Crippen LogP contribution < -0.4 is 0 Å². The zero-order valence-corrected chi connectivity index (χ0v) is 13.2. The van der Waals surface area contributed by atoms with E-state index in [1.54, 1.807) is 6.92 Å². The maximum absolute atomic E-state index is 12.5. The van der Waals surface area contributed by atoms with Crippen molar-refractivity contribution < 1.29 is 19.7 Å². The van der Waals surface area contributed by atoms with Gasteiger partial charge in [0.1, 0.15) is 0 Å². The molecule has 4 heteroatoms. The van der Waals surface area contributed by atoms with E-state index in [-0.39, 0.29) is 29.8 Å². The number of aliphatic hydroxyl groups excluding tert-OH is 2. The van der Waals surface area contributed by atoms with Gasteiger partial charge in [-0.05, 0) is 48.1 Å². The van der Waals surface area contributed by atoms with Crippen LogP contribution in [0.2, 0.25) is 0 Å². The Labute approximate surface area is 131 Å². The van der Waals surface area contributed by atoms with Crippen LogP contribution in [-0.2, 0) is 9.53 Å². The molecule has 0 aliphatic heterocycles. The zero-order chi connectivity index (χ0) is 15.9. The Morgan fingerprint density at radius 1 is 1.36 bits per heavy atom. The number of benzene rings is 1. The monoisotopic (exact) mass is 304 g/mol. The first kappa shape index (κ1) is 15.5. The number of fused-ring (bicyclic) bond motifs is 3. The molecule has 1 aromatic carbocycles. The van der Waals surface area contributed by atoms with E-state index < -0.39 is 12.0 Å². The van der Waals surface area contributed by atoms with E-state index in [0.717, 1.165) is 24.0 Å². The minimum absolute atomic E-state index is 0.0894. The summed E-state index contributed by atoms with van der Waals surface area (Å²) in [6, 6.07) is 7.76. The normalized spacial score (nSPS) is 36.5. The number of esters is 1. The molecule has 0 unspecified atom stereocenters. The van der Waals surface area contributed by atoms with Gasteiger partial charge in [-0.25, -0.2) is 0 Å². The smallest absolute Gasteiger partial charge is 0.312 e. The van der Waals surface area contributed by atoms with Crippen LogP contribution in [0.5, 0.6) is 0 Å².